The van der Waals surface area contributed by atoms with E-state index in [1.54, 1.807) is 11.3 Å². The Morgan fingerprint density at radius 2 is 1.81 bits per heavy atom. The van der Waals surface area contributed by atoms with Crippen molar-refractivity contribution in [3.8, 4) is 22.8 Å². The van der Waals surface area contributed by atoms with Crippen molar-refractivity contribution < 1.29 is 4.52 Å². The van der Waals surface area contributed by atoms with Gasteiger partial charge in [-0.05, 0) is 41.3 Å². The molecule has 3 heterocycles. The molecule has 0 bridgehead atoms. The Balaban J connectivity index is 1.41. The first-order chi connectivity index (χ1) is 15.3. The van der Waals surface area contributed by atoms with Crippen LogP contribution in [0.25, 0.3) is 22.8 Å². The van der Waals surface area contributed by atoms with Gasteiger partial charge in [0.15, 0.2) is 11.0 Å². The smallest absolute Gasteiger partial charge is 0.237 e. The van der Waals surface area contributed by atoms with Gasteiger partial charge in [0.2, 0.25) is 11.7 Å². The highest BCUT2D eigenvalue weighted by molar-refractivity contribution is 7.98. The molecule has 0 aliphatic rings. The van der Waals surface area contributed by atoms with E-state index in [0.29, 0.717) is 29.0 Å². The third-order valence-electron chi connectivity index (χ3n) is 4.57. The third-order valence-corrected chi connectivity index (χ3v) is 6.46. The topological polar surface area (TPSA) is 69.6 Å². The summed E-state index contributed by atoms with van der Waals surface area (Å²) in [5, 5.41) is 18.4. The van der Waals surface area contributed by atoms with Gasteiger partial charge in [0, 0.05) is 21.5 Å². The van der Waals surface area contributed by atoms with Crippen molar-refractivity contribution in [2.45, 2.75) is 17.5 Å². The van der Waals surface area contributed by atoms with Crippen LogP contribution in [0.15, 0.2) is 81.1 Å². The van der Waals surface area contributed by atoms with Gasteiger partial charge in [-0.3, -0.25) is 4.57 Å². The van der Waals surface area contributed by atoms with Gasteiger partial charge in [-0.25, -0.2) is 0 Å². The molecule has 0 saturated carbocycles. The highest BCUT2D eigenvalue weighted by Gasteiger charge is 2.17. The van der Waals surface area contributed by atoms with Crippen molar-refractivity contribution in [3.05, 3.63) is 87.9 Å². The molecule has 0 unspecified atom stereocenters. The van der Waals surface area contributed by atoms with E-state index in [0.717, 1.165) is 27.7 Å². The standard InChI is InChI=1S/C22H16ClN5OS2/c23-18-8-6-16(7-9-18)21-25-26-22(28(21)12-15-4-2-1-3-5-15)31-14-19-24-20(27-29-19)17-10-11-30-13-17/h1-11,13H,12,14H2. The molecule has 0 aliphatic carbocycles. The highest BCUT2D eigenvalue weighted by atomic mass is 35.5. The minimum absolute atomic E-state index is 0.505. The zero-order valence-electron chi connectivity index (χ0n) is 16.2. The van der Waals surface area contributed by atoms with Crippen LogP contribution in [0.5, 0.6) is 0 Å². The summed E-state index contributed by atoms with van der Waals surface area (Å²) in [4.78, 5) is 4.49. The molecular weight excluding hydrogens is 450 g/mol. The summed E-state index contributed by atoms with van der Waals surface area (Å²) < 4.78 is 7.52. The van der Waals surface area contributed by atoms with Gasteiger partial charge in [-0.1, -0.05) is 58.9 Å². The molecule has 0 atom stereocenters. The number of aromatic nitrogens is 5. The van der Waals surface area contributed by atoms with Crippen molar-refractivity contribution in [1.29, 1.82) is 0 Å². The van der Waals surface area contributed by atoms with E-state index in [9.17, 15) is 0 Å². The third kappa shape index (κ3) is 4.56. The van der Waals surface area contributed by atoms with Crippen molar-refractivity contribution in [2.24, 2.45) is 0 Å². The molecule has 0 N–H and O–H groups in total. The monoisotopic (exact) mass is 465 g/mol. The molecule has 0 fully saturated rings. The lowest BCUT2D eigenvalue weighted by Crippen LogP contribution is -2.04. The number of halogens is 1. The number of nitrogens with zero attached hydrogens (tertiary/aromatic N) is 5. The maximum Gasteiger partial charge on any atom is 0.237 e. The Labute approximate surface area is 191 Å². The molecular formula is C22H16ClN5OS2. The van der Waals surface area contributed by atoms with Crippen LogP contribution in [0.3, 0.4) is 0 Å². The van der Waals surface area contributed by atoms with Gasteiger partial charge in [0.05, 0.1) is 12.3 Å². The quantitative estimate of drug-likeness (QED) is 0.272. The van der Waals surface area contributed by atoms with Crippen LogP contribution >= 0.6 is 34.7 Å². The summed E-state index contributed by atoms with van der Waals surface area (Å²) in [6.45, 7) is 0.651. The van der Waals surface area contributed by atoms with E-state index in [-0.39, 0.29) is 0 Å². The lowest BCUT2D eigenvalue weighted by Gasteiger charge is -2.10. The van der Waals surface area contributed by atoms with Crippen molar-refractivity contribution in [3.63, 3.8) is 0 Å². The summed E-state index contributed by atoms with van der Waals surface area (Å²) in [5.41, 5.74) is 3.08. The molecule has 3 aromatic heterocycles. The first-order valence-corrected chi connectivity index (χ1v) is 11.8. The van der Waals surface area contributed by atoms with Crippen LogP contribution in [0, 0.1) is 0 Å². The van der Waals surface area contributed by atoms with Crippen LogP contribution in [0.2, 0.25) is 5.02 Å². The van der Waals surface area contributed by atoms with Gasteiger partial charge in [0.25, 0.3) is 0 Å². The average molecular weight is 466 g/mol. The van der Waals surface area contributed by atoms with Crippen LogP contribution < -0.4 is 0 Å². The second-order valence-corrected chi connectivity index (χ2v) is 8.86. The maximum absolute atomic E-state index is 6.06. The molecule has 0 saturated heterocycles. The number of rotatable bonds is 7. The Morgan fingerprint density at radius 1 is 0.968 bits per heavy atom. The molecule has 9 heteroatoms. The normalized spacial score (nSPS) is 11.1. The fraction of sp³-hybridized carbons (Fsp3) is 0.0909. The Bertz CT molecular complexity index is 1270. The molecule has 6 nitrogen and oxygen atoms in total. The lowest BCUT2D eigenvalue weighted by molar-refractivity contribution is 0.391. The van der Waals surface area contributed by atoms with Crippen molar-refractivity contribution in [1.82, 2.24) is 24.9 Å². The molecule has 0 amide bonds. The minimum Gasteiger partial charge on any atom is -0.338 e. The SMILES string of the molecule is Clc1ccc(-c2nnc(SCc3nc(-c4ccsc4)no3)n2Cc2ccccc2)cc1. The Morgan fingerprint density at radius 3 is 2.58 bits per heavy atom. The maximum atomic E-state index is 6.06. The van der Waals surface area contributed by atoms with Gasteiger partial charge < -0.3 is 4.52 Å². The summed E-state index contributed by atoms with van der Waals surface area (Å²) in [6, 6.07) is 19.8. The minimum atomic E-state index is 0.505. The Kier molecular flexibility index (Phi) is 5.84. The summed E-state index contributed by atoms with van der Waals surface area (Å²) in [5.74, 6) is 2.44. The number of thiophene rings is 1. The molecule has 0 radical (unpaired) electrons. The summed E-state index contributed by atoms with van der Waals surface area (Å²) in [6.07, 6.45) is 0. The summed E-state index contributed by atoms with van der Waals surface area (Å²) >= 11 is 9.18. The van der Waals surface area contributed by atoms with E-state index in [1.807, 2.05) is 59.3 Å². The summed E-state index contributed by atoms with van der Waals surface area (Å²) in [7, 11) is 0. The highest BCUT2D eigenvalue weighted by Crippen LogP contribution is 2.28. The number of hydrogen-bond acceptors (Lipinski definition) is 7. The number of benzene rings is 2. The van der Waals surface area contributed by atoms with E-state index in [2.05, 4.69) is 37.0 Å². The van der Waals surface area contributed by atoms with Crippen LogP contribution in [-0.4, -0.2) is 24.9 Å². The second-order valence-electron chi connectivity index (χ2n) is 6.70. The lowest BCUT2D eigenvalue weighted by atomic mass is 10.2. The predicted molar refractivity (Wildman–Crippen MR) is 123 cm³/mol. The largest absolute Gasteiger partial charge is 0.338 e. The molecule has 31 heavy (non-hydrogen) atoms. The molecule has 154 valence electrons. The van der Waals surface area contributed by atoms with Gasteiger partial charge in [-0.15, -0.1) is 10.2 Å². The average Bonchev–Trinajstić information content (AvgIpc) is 3.55. The van der Waals surface area contributed by atoms with Crippen LogP contribution in [-0.2, 0) is 12.3 Å². The van der Waals surface area contributed by atoms with Gasteiger partial charge >= 0.3 is 0 Å². The van der Waals surface area contributed by atoms with Gasteiger partial charge in [-0.2, -0.15) is 16.3 Å². The second kappa shape index (κ2) is 9.05. The molecule has 5 aromatic rings. The van der Waals surface area contributed by atoms with Crippen LogP contribution in [0.1, 0.15) is 11.5 Å². The zero-order valence-corrected chi connectivity index (χ0v) is 18.6. The van der Waals surface area contributed by atoms with E-state index in [1.165, 1.54) is 11.8 Å². The molecule has 2 aromatic carbocycles. The Hall–Kier alpha value is -2.94. The van der Waals surface area contributed by atoms with Crippen LogP contribution in [0.4, 0.5) is 0 Å². The zero-order chi connectivity index (χ0) is 21.0. The van der Waals surface area contributed by atoms with Crippen molar-refractivity contribution >= 4 is 34.7 Å². The molecule has 0 spiro atoms. The molecule has 0 aliphatic heterocycles. The number of thioether (sulfide) groups is 1. The van der Waals surface area contributed by atoms with Crippen molar-refractivity contribution in [2.75, 3.05) is 0 Å². The van der Waals surface area contributed by atoms with E-state index in [4.69, 9.17) is 16.1 Å². The predicted octanol–water partition coefficient (Wildman–Crippen LogP) is 6.05. The number of hydrogen-bond donors (Lipinski definition) is 0. The van der Waals surface area contributed by atoms with E-state index < -0.39 is 0 Å². The fourth-order valence-electron chi connectivity index (χ4n) is 3.07. The van der Waals surface area contributed by atoms with E-state index >= 15 is 0 Å². The van der Waals surface area contributed by atoms with Gasteiger partial charge in [0.1, 0.15) is 0 Å². The molecule has 5 rings (SSSR count). The first-order valence-electron chi connectivity index (χ1n) is 9.47. The fourth-order valence-corrected chi connectivity index (χ4v) is 4.60. The first kappa shape index (κ1) is 20.0.